The largest absolute Gasteiger partial charge is 0.353 e. The first kappa shape index (κ1) is 17.4. The molecule has 3 heteroatoms. The highest BCUT2D eigenvalue weighted by Gasteiger charge is 2.65. The van der Waals surface area contributed by atoms with Crippen LogP contribution in [0.3, 0.4) is 0 Å². The number of para-hydroxylation sites is 1. The first-order valence-electron chi connectivity index (χ1n) is 11.9. The van der Waals surface area contributed by atoms with Gasteiger partial charge in [-0.05, 0) is 93.4 Å². The van der Waals surface area contributed by atoms with Crippen LogP contribution in [0.2, 0.25) is 0 Å². The van der Waals surface area contributed by atoms with Gasteiger partial charge in [-0.2, -0.15) is 0 Å². The average Bonchev–Trinajstić information content (AvgIpc) is 3.18. The van der Waals surface area contributed by atoms with Gasteiger partial charge in [-0.25, -0.2) is 4.98 Å². The van der Waals surface area contributed by atoms with Crippen molar-refractivity contribution in [3.63, 3.8) is 0 Å². The number of rotatable bonds is 1. The Labute approximate surface area is 179 Å². The second-order valence-electron chi connectivity index (χ2n) is 10.7. The fourth-order valence-electron chi connectivity index (χ4n) is 8.70. The van der Waals surface area contributed by atoms with E-state index < -0.39 is 0 Å². The second-order valence-corrected chi connectivity index (χ2v) is 10.7. The zero-order chi connectivity index (χ0) is 20.2. The molecule has 0 amide bonds. The zero-order valence-corrected chi connectivity index (χ0v) is 18.3. The molecule has 3 aromatic rings. The fourth-order valence-corrected chi connectivity index (χ4v) is 8.70. The van der Waals surface area contributed by atoms with Gasteiger partial charge >= 0.3 is 0 Å². The third-order valence-electron chi connectivity index (χ3n) is 9.33. The van der Waals surface area contributed by atoms with E-state index in [1.165, 1.54) is 60.1 Å². The lowest BCUT2D eigenvalue weighted by molar-refractivity contribution is -0.0596. The Hall–Kier alpha value is -2.29. The summed E-state index contributed by atoms with van der Waals surface area (Å²) in [6, 6.07) is 14.0. The monoisotopic (exact) mass is 397 g/mol. The molecule has 5 aliphatic rings. The van der Waals surface area contributed by atoms with Crippen LogP contribution in [0.25, 0.3) is 11.0 Å². The Bertz CT molecular complexity index is 1140. The van der Waals surface area contributed by atoms with E-state index in [4.69, 9.17) is 4.98 Å². The molecule has 1 atom stereocenters. The van der Waals surface area contributed by atoms with E-state index in [1.807, 2.05) is 6.20 Å². The normalized spacial score (nSPS) is 36.2. The minimum absolute atomic E-state index is 0.136. The molecule has 154 valence electrons. The number of pyridine rings is 1. The van der Waals surface area contributed by atoms with Crippen molar-refractivity contribution in [3.05, 3.63) is 59.4 Å². The molecular formula is C27H31N3. The smallest absolute Gasteiger partial charge is 0.140 e. The van der Waals surface area contributed by atoms with Crippen LogP contribution in [-0.4, -0.2) is 9.55 Å². The summed E-state index contributed by atoms with van der Waals surface area (Å²) in [5, 5.41) is 1.41. The molecule has 3 nitrogen and oxygen atoms in total. The number of aromatic nitrogens is 2. The lowest BCUT2D eigenvalue weighted by atomic mass is 9.47. The van der Waals surface area contributed by atoms with Crippen molar-refractivity contribution in [2.24, 2.45) is 30.7 Å². The summed E-state index contributed by atoms with van der Waals surface area (Å²) in [5.41, 5.74) is 7.32. The topological polar surface area (TPSA) is 21.1 Å². The third-order valence-corrected chi connectivity index (χ3v) is 9.33. The molecule has 2 aromatic heterocycles. The van der Waals surface area contributed by atoms with Crippen molar-refractivity contribution in [2.75, 3.05) is 4.90 Å². The number of fused-ring (bicyclic) bond motifs is 3. The highest BCUT2D eigenvalue weighted by molar-refractivity contribution is 5.87. The molecule has 3 heterocycles. The van der Waals surface area contributed by atoms with Gasteiger partial charge in [-0.1, -0.05) is 18.2 Å². The molecule has 8 rings (SSSR count). The first-order valence-corrected chi connectivity index (χ1v) is 11.9. The fraction of sp³-hybridized carbons (Fsp3) is 0.519. The Balaban J connectivity index is 1.58. The van der Waals surface area contributed by atoms with E-state index in [0.29, 0.717) is 6.04 Å². The molecule has 30 heavy (non-hydrogen) atoms. The van der Waals surface area contributed by atoms with Gasteiger partial charge in [0.15, 0.2) is 0 Å². The number of hydrogen-bond acceptors (Lipinski definition) is 2. The molecule has 1 aliphatic heterocycles. The highest BCUT2D eigenvalue weighted by atomic mass is 15.3. The van der Waals surface area contributed by atoms with Crippen LogP contribution >= 0.6 is 0 Å². The van der Waals surface area contributed by atoms with Crippen molar-refractivity contribution < 1.29 is 0 Å². The van der Waals surface area contributed by atoms with Crippen molar-refractivity contribution >= 4 is 16.7 Å². The van der Waals surface area contributed by atoms with Gasteiger partial charge in [-0.15, -0.1) is 0 Å². The Morgan fingerprint density at radius 1 is 0.933 bits per heavy atom. The number of benzene rings is 1. The van der Waals surface area contributed by atoms with Crippen molar-refractivity contribution in [1.29, 1.82) is 0 Å². The van der Waals surface area contributed by atoms with Gasteiger partial charge in [0.2, 0.25) is 0 Å². The predicted molar refractivity (Wildman–Crippen MR) is 122 cm³/mol. The summed E-state index contributed by atoms with van der Waals surface area (Å²) in [7, 11) is 2.25. The molecule has 1 spiro atoms. The van der Waals surface area contributed by atoms with Crippen molar-refractivity contribution in [3.8, 4) is 0 Å². The van der Waals surface area contributed by atoms with Gasteiger partial charge in [0.1, 0.15) is 5.65 Å². The molecule has 4 bridgehead atoms. The van der Waals surface area contributed by atoms with E-state index >= 15 is 0 Å². The average molecular weight is 398 g/mol. The summed E-state index contributed by atoms with van der Waals surface area (Å²) in [4.78, 5) is 7.73. The van der Waals surface area contributed by atoms with E-state index in [0.717, 1.165) is 23.7 Å². The predicted octanol–water partition coefficient (Wildman–Crippen LogP) is 6.11. The van der Waals surface area contributed by atoms with E-state index in [-0.39, 0.29) is 5.54 Å². The Morgan fingerprint density at radius 2 is 1.63 bits per heavy atom. The minimum Gasteiger partial charge on any atom is -0.353 e. The molecule has 4 saturated carbocycles. The maximum absolute atomic E-state index is 4.83. The van der Waals surface area contributed by atoms with Crippen LogP contribution in [-0.2, 0) is 12.6 Å². The molecule has 1 unspecified atom stereocenters. The van der Waals surface area contributed by atoms with Crippen LogP contribution in [0.5, 0.6) is 0 Å². The molecule has 0 N–H and O–H groups in total. The standard InChI is InChI=1S/C27H31N3/c1-16-7-4-5-9-23(16)30-17(2)25-24(22-8-6-10-28-26(22)29(25)3)27(30)20-12-18-11-19(14-20)15-21(27)13-18/h4-10,17-21H,11-15H2,1-3H3. The van der Waals surface area contributed by atoms with Crippen LogP contribution < -0.4 is 4.90 Å². The Kier molecular flexibility index (Phi) is 3.30. The Morgan fingerprint density at radius 3 is 2.33 bits per heavy atom. The SMILES string of the molecule is Cc1ccccc1N1C(C)c2c(c3cccnc3n2C)C12C1CC3CC(C1)CC2C3. The number of hydrogen-bond donors (Lipinski definition) is 0. The highest BCUT2D eigenvalue weighted by Crippen LogP contribution is 2.69. The first-order chi connectivity index (χ1) is 14.6. The van der Waals surface area contributed by atoms with E-state index in [9.17, 15) is 0 Å². The molecule has 4 aliphatic carbocycles. The molecule has 1 aromatic carbocycles. The summed E-state index contributed by atoms with van der Waals surface area (Å²) >= 11 is 0. The van der Waals surface area contributed by atoms with E-state index in [1.54, 1.807) is 5.56 Å². The van der Waals surface area contributed by atoms with Crippen LogP contribution in [0.4, 0.5) is 5.69 Å². The lowest BCUT2D eigenvalue weighted by Crippen LogP contribution is -2.62. The van der Waals surface area contributed by atoms with Crippen LogP contribution in [0, 0.1) is 30.6 Å². The molecule has 4 fully saturated rings. The van der Waals surface area contributed by atoms with E-state index in [2.05, 4.69) is 66.8 Å². The van der Waals surface area contributed by atoms with Gasteiger partial charge in [0.25, 0.3) is 0 Å². The van der Waals surface area contributed by atoms with Gasteiger partial charge in [0, 0.05) is 35.6 Å². The molecule has 0 saturated heterocycles. The maximum atomic E-state index is 4.83. The van der Waals surface area contributed by atoms with Gasteiger partial charge in [-0.3, -0.25) is 0 Å². The van der Waals surface area contributed by atoms with Gasteiger partial charge in [0.05, 0.1) is 11.6 Å². The quantitative estimate of drug-likeness (QED) is 0.494. The van der Waals surface area contributed by atoms with Crippen molar-refractivity contribution in [2.45, 2.75) is 57.5 Å². The zero-order valence-electron chi connectivity index (χ0n) is 18.3. The number of aryl methyl sites for hydroxylation is 2. The molecular weight excluding hydrogens is 366 g/mol. The van der Waals surface area contributed by atoms with Crippen LogP contribution in [0.1, 0.15) is 61.9 Å². The number of nitrogens with zero attached hydrogens (tertiary/aromatic N) is 3. The summed E-state index contributed by atoms with van der Waals surface area (Å²) in [5.74, 6) is 3.46. The molecule has 0 radical (unpaired) electrons. The summed E-state index contributed by atoms with van der Waals surface area (Å²) in [6.07, 6.45) is 9.12. The minimum atomic E-state index is 0.136. The lowest BCUT2D eigenvalue weighted by Gasteiger charge is -2.64. The van der Waals surface area contributed by atoms with Gasteiger partial charge < -0.3 is 9.47 Å². The second kappa shape index (κ2) is 5.69. The van der Waals surface area contributed by atoms with Crippen molar-refractivity contribution in [1.82, 2.24) is 9.55 Å². The summed E-state index contributed by atoms with van der Waals surface area (Å²) < 4.78 is 2.42. The third kappa shape index (κ3) is 1.87. The number of anilines is 1. The van der Waals surface area contributed by atoms with Crippen LogP contribution in [0.15, 0.2) is 42.6 Å². The maximum Gasteiger partial charge on any atom is 0.140 e. The summed E-state index contributed by atoms with van der Waals surface area (Å²) in [6.45, 7) is 4.75.